The van der Waals surface area contributed by atoms with Crippen LogP contribution in [0.25, 0.3) is 6.08 Å². The molecule has 26 heavy (non-hydrogen) atoms. The van der Waals surface area contributed by atoms with Gasteiger partial charge in [0.2, 0.25) is 0 Å². The van der Waals surface area contributed by atoms with Gasteiger partial charge in [0.25, 0.3) is 11.1 Å². The van der Waals surface area contributed by atoms with Crippen LogP contribution in [0.15, 0.2) is 23.1 Å². The van der Waals surface area contributed by atoms with Crippen LogP contribution in [-0.4, -0.2) is 43.4 Å². The van der Waals surface area contributed by atoms with E-state index in [1.165, 1.54) is 24.2 Å². The molecule has 0 bridgehead atoms. The van der Waals surface area contributed by atoms with Crippen molar-refractivity contribution in [1.82, 2.24) is 4.90 Å². The van der Waals surface area contributed by atoms with Gasteiger partial charge in [0.15, 0.2) is 11.5 Å². The monoisotopic (exact) mass is 399 g/mol. The molecule has 0 spiro atoms. The third-order valence-electron chi connectivity index (χ3n) is 3.50. The summed E-state index contributed by atoms with van der Waals surface area (Å²) in [6.45, 7) is 5.26. The minimum absolute atomic E-state index is 0.0396. The molecule has 1 aromatic carbocycles. The van der Waals surface area contributed by atoms with Crippen molar-refractivity contribution in [3.8, 4) is 11.5 Å². The maximum absolute atomic E-state index is 12.3. The van der Waals surface area contributed by atoms with Crippen LogP contribution in [-0.2, 0) is 14.9 Å². The summed E-state index contributed by atoms with van der Waals surface area (Å²) in [7, 11) is -2.33. The molecule has 142 valence electrons. The summed E-state index contributed by atoms with van der Waals surface area (Å²) in [5, 5.41) is -0.327. The zero-order valence-electron chi connectivity index (χ0n) is 15.0. The van der Waals surface area contributed by atoms with E-state index >= 15 is 0 Å². The van der Waals surface area contributed by atoms with Gasteiger partial charge in [-0.3, -0.25) is 14.5 Å². The Balaban J connectivity index is 2.36. The number of imide groups is 1. The molecule has 1 aromatic rings. The van der Waals surface area contributed by atoms with Crippen LogP contribution < -0.4 is 8.92 Å². The first-order chi connectivity index (χ1) is 12.2. The van der Waals surface area contributed by atoms with Gasteiger partial charge >= 0.3 is 10.1 Å². The average Bonchev–Trinajstić information content (AvgIpc) is 2.81. The van der Waals surface area contributed by atoms with Crippen LogP contribution in [0.4, 0.5) is 4.79 Å². The number of amides is 2. The number of hydrogen-bond donors (Lipinski definition) is 0. The highest BCUT2D eigenvalue weighted by molar-refractivity contribution is 8.18. The first-order valence-electron chi connectivity index (χ1n) is 8.05. The van der Waals surface area contributed by atoms with Crippen LogP contribution in [0, 0.1) is 0 Å². The highest BCUT2D eigenvalue weighted by Gasteiger charge is 2.36. The Morgan fingerprint density at radius 2 is 1.92 bits per heavy atom. The predicted octanol–water partition coefficient (Wildman–Crippen LogP) is 3.26. The third kappa shape index (κ3) is 4.59. The fourth-order valence-corrected chi connectivity index (χ4v) is 4.30. The van der Waals surface area contributed by atoms with Gasteiger partial charge in [0, 0.05) is 6.04 Å². The van der Waals surface area contributed by atoms with Crippen molar-refractivity contribution in [3.05, 3.63) is 28.7 Å². The SMILES string of the molecule is CCCS(=O)(=O)Oc1cc(/C=C2\SC(=O)N(C(C)C)C2=O)ccc1OC. The molecule has 2 amide bonds. The van der Waals surface area contributed by atoms with Crippen LogP contribution in [0.5, 0.6) is 11.5 Å². The Bertz CT molecular complexity index is 845. The molecular weight excluding hydrogens is 378 g/mol. The number of ether oxygens (including phenoxy) is 1. The number of nitrogens with zero attached hydrogens (tertiary/aromatic N) is 1. The predicted molar refractivity (Wildman–Crippen MR) is 101 cm³/mol. The lowest BCUT2D eigenvalue weighted by atomic mass is 10.2. The van der Waals surface area contributed by atoms with E-state index in [2.05, 4.69) is 0 Å². The fraction of sp³-hybridized carbons (Fsp3) is 0.412. The normalized spacial score (nSPS) is 16.7. The molecule has 1 heterocycles. The van der Waals surface area contributed by atoms with Crippen molar-refractivity contribution in [2.24, 2.45) is 0 Å². The molecule has 0 saturated carbocycles. The highest BCUT2D eigenvalue weighted by atomic mass is 32.2. The second kappa shape index (κ2) is 8.13. The number of thioether (sulfide) groups is 1. The van der Waals surface area contributed by atoms with Crippen LogP contribution in [0.3, 0.4) is 0 Å². The molecule has 9 heteroatoms. The molecule has 2 rings (SSSR count). The topological polar surface area (TPSA) is 90.0 Å². The minimum Gasteiger partial charge on any atom is -0.493 e. The van der Waals surface area contributed by atoms with Gasteiger partial charge in [0.05, 0.1) is 17.8 Å². The quantitative estimate of drug-likeness (QED) is 0.513. The van der Waals surface area contributed by atoms with Crippen molar-refractivity contribution >= 4 is 39.1 Å². The Hall–Kier alpha value is -2.00. The lowest BCUT2D eigenvalue weighted by molar-refractivity contribution is -0.123. The van der Waals surface area contributed by atoms with Gasteiger partial charge in [-0.05, 0) is 55.8 Å². The van der Waals surface area contributed by atoms with E-state index < -0.39 is 10.1 Å². The van der Waals surface area contributed by atoms with E-state index in [4.69, 9.17) is 8.92 Å². The Morgan fingerprint density at radius 1 is 1.23 bits per heavy atom. The summed E-state index contributed by atoms with van der Waals surface area (Å²) in [4.78, 5) is 25.8. The molecular formula is C17H21NO6S2. The van der Waals surface area contributed by atoms with Gasteiger partial charge < -0.3 is 8.92 Å². The summed E-state index contributed by atoms with van der Waals surface area (Å²) in [5.74, 6) is -0.185. The standard InChI is InChI=1S/C17H21NO6S2/c1-5-8-26(21,22)24-14-9-12(6-7-13(14)23-4)10-15-16(19)18(11(2)3)17(20)25-15/h6-7,9-11H,5,8H2,1-4H3/b15-10-. The summed E-state index contributed by atoms with van der Waals surface area (Å²) in [6, 6.07) is 4.44. The molecule has 1 fully saturated rings. The Morgan fingerprint density at radius 3 is 2.46 bits per heavy atom. The van der Waals surface area contributed by atoms with E-state index in [0.717, 1.165) is 11.8 Å². The highest BCUT2D eigenvalue weighted by Crippen LogP contribution is 2.35. The van der Waals surface area contributed by atoms with E-state index in [0.29, 0.717) is 12.0 Å². The molecule has 0 aliphatic carbocycles. The first-order valence-corrected chi connectivity index (χ1v) is 10.4. The number of carbonyl (C=O) groups excluding carboxylic acids is 2. The second-order valence-electron chi connectivity index (χ2n) is 5.90. The molecule has 0 radical (unpaired) electrons. The third-order valence-corrected chi connectivity index (χ3v) is 5.72. The van der Waals surface area contributed by atoms with Crippen LogP contribution in [0.2, 0.25) is 0 Å². The Kier molecular flexibility index (Phi) is 6.35. The zero-order valence-corrected chi connectivity index (χ0v) is 16.6. The lowest BCUT2D eigenvalue weighted by Crippen LogP contribution is -2.34. The summed E-state index contributed by atoms with van der Waals surface area (Å²) in [6.07, 6.45) is 1.96. The van der Waals surface area contributed by atoms with Gasteiger partial charge in [-0.2, -0.15) is 8.42 Å². The molecule has 7 nitrogen and oxygen atoms in total. The number of methoxy groups -OCH3 is 1. The van der Waals surface area contributed by atoms with E-state index in [1.54, 1.807) is 32.9 Å². The molecule has 0 unspecified atom stereocenters. The first kappa shape index (κ1) is 20.3. The number of benzene rings is 1. The summed E-state index contributed by atoms with van der Waals surface area (Å²) >= 11 is 0.850. The number of rotatable bonds is 7. The van der Waals surface area contributed by atoms with Gasteiger partial charge in [-0.1, -0.05) is 13.0 Å². The minimum atomic E-state index is -3.74. The molecule has 1 aliphatic rings. The lowest BCUT2D eigenvalue weighted by Gasteiger charge is -2.16. The fourth-order valence-electron chi connectivity index (χ4n) is 2.35. The smallest absolute Gasteiger partial charge is 0.309 e. The van der Waals surface area contributed by atoms with Gasteiger partial charge in [-0.15, -0.1) is 0 Å². The Labute approximate surface area is 157 Å². The second-order valence-corrected chi connectivity index (χ2v) is 8.58. The number of carbonyl (C=O) groups is 2. The summed E-state index contributed by atoms with van der Waals surface area (Å²) in [5.41, 5.74) is 0.529. The summed E-state index contributed by atoms with van der Waals surface area (Å²) < 4.78 is 34.1. The van der Waals surface area contributed by atoms with Gasteiger partial charge in [0.1, 0.15) is 0 Å². The van der Waals surface area contributed by atoms with Crippen molar-refractivity contribution in [2.75, 3.05) is 12.9 Å². The van der Waals surface area contributed by atoms with Crippen molar-refractivity contribution in [1.29, 1.82) is 0 Å². The molecule has 0 atom stereocenters. The van der Waals surface area contributed by atoms with E-state index in [9.17, 15) is 18.0 Å². The van der Waals surface area contributed by atoms with Crippen molar-refractivity contribution < 1.29 is 26.9 Å². The number of hydrogen-bond acceptors (Lipinski definition) is 7. The van der Waals surface area contributed by atoms with Crippen LogP contribution >= 0.6 is 11.8 Å². The maximum atomic E-state index is 12.3. The molecule has 1 aliphatic heterocycles. The van der Waals surface area contributed by atoms with Crippen molar-refractivity contribution in [2.45, 2.75) is 33.2 Å². The van der Waals surface area contributed by atoms with Crippen LogP contribution in [0.1, 0.15) is 32.8 Å². The zero-order chi connectivity index (χ0) is 19.5. The van der Waals surface area contributed by atoms with E-state index in [1.807, 2.05) is 0 Å². The molecule has 0 aromatic heterocycles. The van der Waals surface area contributed by atoms with E-state index in [-0.39, 0.29) is 39.3 Å². The average molecular weight is 399 g/mol. The largest absolute Gasteiger partial charge is 0.493 e. The van der Waals surface area contributed by atoms with Gasteiger partial charge in [-0.25, -0.2) is 0 Å². The maximum Gasteiger partial charge on any atom is 0.309 e. The molecule has 1 saturated heterocycles. The van der Waals surface area contributed by atoms with Crippen molar-refractivity contribution in [3.63, 3.8) is 0 Å². The molecule has 0 N–H and O–H groups in total.